The van der Waals surface area contributed by atoms with Gasteiger partial charge in [0, 0.05) is 6.20 Å². The average molecular weight is 180 g/mol. The minimum atomic E-state index is -0.488. The molecule has 1 aliphatic rings. The summed E-state index contributed by atoms with van der Waals surface area (Å²) >= 11 is 0. The minimum Gasteiger partial charge on any atom is -0.388 e. The van der Waals surface area contributed by atoms with E-state index < -0.39 is 5.60 Å². The maximum Gasteiger partial charge on any atom is 0.0842 e. The molecule has 1 N–H and O–H groups in total. The molecule has 3 nitrogen and oxygen atoms in total. The first-order chi connectivity index (χ1) is 6.18. The fourth-order valence-electron chi connectivity index (χ4n) is 2.05. The van der Waals surface area contributed by atoms with Gasteiger partial charge in [0.25, 0.3) is 0 Å². The lowest BCUT2D eigenvalue weighted by Crippen LogP contribution is -2.30. The van der Waals surface area contributed by atoms with Gasteiger partial charge in [0.1, 0.15) is 0 Å². The van der Waals surface area contributed by atoms with Gasteiger partial charge in [-0.15, -0.1) is 0 Å². The first-order valence-corrected chi connectivity index (χ1v) is 4.89. The lowest BCUT2D eigenvalue weighted by Gasteiger charge is -2.21. The summed E-state index contributed by atoms with van der Waals surface area (Å²) in [6.45, 7) is 2.67. The number of aromatic nitrogens is 2. The van der Waals surface area contributed by atoms with Crippen LogP contribution in [0.5, 0.6) is 0 Å². The van der Waals surface area contributed by atoms with E-state index in [1.54, 1.807) is 0 Å². The van der Waals surface area contributed by atoms with Crippen LogP contribution in [0.25, 0.3) is 0 Å². The van der Waals surface area contributed by atoms with E-state index in [2.05, 4.69) is 5.10 Å². The van der Waals surface area contributed by atoms with Crippen molar-refractivity contribution in [3.05, 3.63) is 18.0 Å². The molecule has 0 bridgehead atoms. The number of nitrogens with zero attached hydrogens (tertiary/aromatic N) is 2. The summed E-state index contributed by atoms with van der Waals surface area (Å²) in [5.41, 5.74) is 0.667. The van der Waals surface area contributed by atoms with E-state index in [0.29, 0.717) is 6.54 Å². The van der Waals surface area contributed by atoms with Crippen LogP contribution in [0.2, 0.25) is 0 Å². The molecule has 3 heteroatoms. The van der Waals surface area contributed by atoms with Crippen LogP contribution in [0, 0.1) is 6.92 Å². The van der Waals surface area contributed by atoms with Crippen LogP contribution in [0.4, 0.5) is 0 Å². The fraction of sp³-hybridized carbons (Fsp3) is 0.700. The van der Waals surface area contributed by atoms with Crippen LogP contribution < -0.4 is 0 Å². The third kappa shape index (κ3) is 1.91. The Hall–Kier alpha value is -0.830. The monoisotopic (exact) mass is 180 g/mol. The summed E-state index contributed by atoms with van der Waals surface area (Å²) in [5, 5.41) is 14.3. The molecule has 0 atom stereocenters. The highest BCUT2D eigenvalue weighted by Gasteiger charge is 2.31. The van der Waals surface area contributed by atoms with Gasteiger partial charge in [-0.2, -0.15) is 5.10 Å². The summed E-state index contributed by atoms with van der Waals surface area (Å²) in [6, 6.07) is 0. The Morgan fingerprint density at radius 3 is 2.77 bits per heavy atom. The fourth-order valence-corrected chi connectivity index (χ4v) is 2.05. The summed E-state index contributed by atoms with van der Waals surface area (Å²) in [5.74, 6) is 0. The van der Waals surface area contributed by atoms with E-state index in [1.807, 2.05) is 24.0 Å². The number of hydrogen-bond acceptors (Lipinski definition) is 2. The van der Waals surface area contributed by atoms with Gasteiger partial charge >= 0.3 is 0 Å². The summed E-state index contributed by atoms with van der Waals surface area (Å²) < 4.78 is 1.85. The maximum absolute atomic E-state index is 10.1. The van der Waals surface area contributed by atoms with Crippen LogP contribution in [0.15, 0.2) is 12.4 Å². The molecule has 0 amide bonds. The van der Waals surface area contributed by atoms with Gasteiger partial charge < -0.3 is 5.11 Å². The highest BCUT2D eigenvalue weighted by Crippen LogP contribution is 2.30. The molecule has 0 saturated heterocycles. The molecule has 1 heterocycles. The second kappa shape index (κ2) is 3.14. The number of aliphatic hydroxyl groups is 1. The zero-order chi connectivity index (χ0) is 9.31. The summed E-state index contributed by atoms with van der Waals surface area (Å²) in [4.78, 5) is 0. The van der Waals surface area contributed by atoms with Gasteiger partial charge in [0.2, 0.25) is 0 Å². The second-order valence-electron chi connectivity index (χ2n) is 4.15. The van der Waals surface area contributed by atoms with E-state index in [0.717, 1.165) is 31.2 Å². The number of hydrogen-bond donors (Lipinski definition) is 1. The van der Waals surface area contributed by atoms with E-state index in [1.165, 1.54) is 0 Å². The van der Waals surface area contributed by atoms with Gasteiger partial charge in [-0.05, 0) is 25.3 Å². The first-order valence-electron chi connectivity index (χ1n) is 4.89. The van der Waals surface area contributed by atoms with Crippen LogP contribution >= 0.6 is 0 Å². The Morgan fingerprint density at radius 2 is 2.23 bits per heavy atom. The lowest BCUT2D eigenvalue weighted by atomic mass is 10.0. The zero-order valence-electron chi connectivity index (χ0n) is 8.03. The molecule has 1 aliphatic carbocycles. The average Bonchev–Trinajstić information content (AvgIpc) is 2.62. The highest BCUT2D eigenvalue weighted by molar-refractivity contribution is 5.00. The van der Waals surface area contributed by atoms with Crippen LogP contribution in [-0.2, 0) is 6.54 Å². The van der Waals surface area contributed by atoms with Crippen LogP contribution in [0.3, 0.4) is 0 Å². The van der Waals surface area contributed by atoms with Gasteiger partial charge in [0.05, 0.1) is 18.3 Å². The van der Waals surface area contributed by atoms with Crippen molar-refractivity contribution in [2.24, 2.45) is 0 Å². The first kappa shape index (κ1) is 8.75. The highest BCUT2D eigenvalue weighted by atomic mass is 16.3. The topological polar surface area (TPSA) is 38.0 Å². The Labute approximate surface area is 78.4 Å². The lowest BCUT2D eigenvalue weighted by molar-refractivity contribution is 0.0265. The van der Waals surface area contributed by atoms with Crippen molar-refractivity contribution in [2.75, 3.05) is 0 Å². The molecule has 0 aromatic carbocycles. The molecule has 1 aromatic rings. The van der Waals surface area contributed by atoms with Crippen LogP contribution in [0.1, 0.15) is 31.2 Å². The standard InChI is InChI=1S/C10H16N2O/c1-9-6-11-12(7-9)8-10(13)4-2-3-5-10/h6-7,13H,2-5,8H2,1H3. The largest absolute Gasteiger partial charge is 0.388 e. The normalized spacial score (nSPS) is 20.8. The third-order valence-corrected chi connectivity index (χ3v) is 2.75. The van der Waals surface area contributed by atoms with Gasteiger partial charge in [-0.3, -0.25) is 4.68 Å². The molecular formula is C10H16N2O. The Bertz CT molecular complexity index is 287. The molecule has 13 heavy (non-hydrogen) atoms. The molecule has 1 fully saturated rings. The maximum atomic E-state index is 10.1. The van der Waals surface area contributed by atoms with E-state index in [9.17, 15) is 5.11 Å². The zero-order valence-corrected chi connectivity index (χ0v) is 8.03. The molecule has 72 valence electrons. The van der Waals surface area contributed by atoms with Crippen molar-refractivity contribution < 1.29 is 5.11 Å². The smallest absolute Gasteiger partial charge is 0.0842 e. The summed E-state index contributed by atoms with van der Waals surface area (Å²) in [7, 11) is 0. The van der Waals surface area contributed by atoms with Crippen molar-refractivity contribution in [3.63, 3.8) is 0 Å². The van der Waals surface area contributed by atoms with Crippen molar-refractivity contribution in [3.8, 4) is 0 Å². The Kier molecular flexibility index (Phi) is 2.12. The quantitative estimate of drug-likeness (QED) is 0.749. The molecule has 1 saturated carbocycles. The second-order valence-corrected chi connectivity index (χ2v) is 4.15. The Balaban J connectivity index is 2.04. The molecule has 0 radical (unpaired) electrons. The molecule has 0 aliphatic heterocycles. The molecule has 2 rings (SSSR count). The summed E-state index contributed by atoms with van der Waals surface area (Å²) in [6.07, 6.45) is 7.96. The predicted octanol–water partition coefficient (Wildman–Crippen LogP) is 1.50. The van der Waals surface area contributed by atoms with Gasteiger partial charge in [0.15, 0.2) is 0 Å². The molecule has 0 unspecified atom stereocenters. The van der Waals surface area contributed by atoms with E-state index in [4.69, 9.17) is 0 Å². The number of rotatable bonds is 2. The predicted molar refractivity (Wildman–Crippen MR) is 50.4 cm³/mol. The minimum absolute atomic E-state index is 0.488. The number of aryl methyl sites for hydroxylation is 1. The van der Waals surface area contributed by atoms with Crippen LogP contribution in [-0.4, -0.2) is 20.5 Å². The van der Waals surface area contributed by atoms with E-state index >= 15 is 0 Å². The van der Waals surface area contributed by atoms with Gasteiger partial charge in [-0.25, -0.2) is 0 Å². The SMILES string of the molecule is Cc1cnn(CC2(O)CCCC2)c1. The Morgan fingerprint density at radius 1 is 1.54 bits per heavy atom. The van der Waals surface area contributed by atoms with Crippen molar-refractivity contribution in [2.45, 2.75) is 44.8 Å². The third-order valence-electron chi connectivity index (χ3n) is 2.75. The molecule has 1 aromatic heterocycles. The molecular weight excluding hydrogens is 164 g/mol. The molecule has 0 spiro atoms. The van der Waals surface area contributed by atoms with E-state index in [-0.39, 0.29) is 0 Å². The van der Waals surface area contributed by atoms with Crippen molar-refractivity contribution in [1.82, 2.24) is 9.78 Å². The van der Waals surface area contributed by atoms with Gasteiger partial charge in [-0.1, -0.05) is 12.8 Å². The van der Waals surface area contributed by atoms with Crippen molar-refractivity contribution in [1.29, 1.82) is 0 Å². The van der Waals surface area contributed by atoms with Crippen molar-refractivity contribution >= 4 is 0 Å².